The molecule has 1 atom stereocenters. The van der Waals surface area contributed by atoms with Crippen LogP contribution in [0, 0.1) is 12.8 Å². The zero-order valence-electron chi connectivity index (χ0n) is 16.4. The Morgan fingerprint density at radius 2 is 1.89 bits per heavy atom. The second-order valence-corrected chi connectivity index (χ2v) is 7.84. The van der Waals surface area contributed by atoms with Gasteiger partial charge in [0.15, 0.2) is 0 Å². The average Bonchev–Trinajstić information content (AvgIpc) is 3.21. The molecule has 2 fully saturated rings. The molecule has 1 aromatic heterocycles. The number of aromatic nitrogens is 2. The van der Waals surface area contributed by atoms with Crippen molar-refractivity contribution < 1.29 is 9.53 Å². The molecule has 0 radical (unpaired) electrons. The van der Waals surface area contributed by atoms with E-state index in [0.29, 0.717) is 23.7 Å². The molecule has 28 heavy (non-hydrogen) atoms. The normalized spacial score (nSPS) is 20.2. The number of nitrogens with zero attached hydrogens (tertiary/aromatic N) is 3. The predicted molar refractivity (Wildman–Crippen MR) is 109 cm³/mol. The van der Waals surface area contributed by atoms with Crippen molar-refractivity contribution in [3.63, 3.8) is 0 Å². The Kier molecular flexibility index (Phi) is 5.74. The van der Waals surface area contributed by atoms with Crippen molar-refractivity contribution in [1.82, 2.24) is 14.9 Å². The van der Waals surface area contributed by atoms with Gasteiger partial charge in [-0.15, -0.1) is 0 Å². The fourth-order valence-electron chi connectivity index (χ4n) is 4.52. The Labute approximate surface area is 166 Å². The number of hydrogen-bond donors (Lipinski definition) is 1. The van der Waals surface area contributed by atoms with E-state index >= 15 is 0 Å². The number of ether oxygens (including phenoxy) is 1. The van der Waals surface area contributed by atoms with Crippen molar-refractivity contribution in [3.8, 4) is 11.8 Å². The van der Waals surface area contributed by atoms with Gasteiger partial charge < -0.3 is 15.0 Å². The summed E-state index contributed by atoms with van der Waals surface area (Å²) >= 11 is 0. The number of urea groups is 1. The number of carbonyl (C=O) groups excluding carboxylic acids is 1. The number of anilines is 1. The van der Waals surface area contributed by atoms with Crippen LogP contribution in [0.25, 0.3) is 0 Å². The molecule has 0 unspecified atom stereocenters. The monoisotopic (exact) mass is 380 g/mol. The Morgan fingerprint density at radius 3 is 2.64 bits per heavy atom. The van der Waals surface area contributed by atoms with Gasteiger partial charge in [-0.2, -0.15) is 0 Å². The zero-order valence-corrected chi connectivity index (χ0v) is 16.4. The minimum absolute atomic E-state index is 0.0243. The van der Waals surface area contributed by atoms with Gasteiger partial charge in [0.2, 0.25) is 0 Å². The third-order valence-electron chi connectivity index (χ3n) is 5.94. The van der Waals surface area contributed by atoms with Gasteiger partial charge in [-0.1, -0.05) is 19.3 Å². The first-order valence-corrected chi connectivity index (χ1v) is 10.3. The van der Waals surface area contributed by atoms with Crippen molar-refractivity contribution >= 4 is 11.7 Å². The Morgan fingerprint density at radius 1 is 1.11 bits per heavy atom. The highest BCUT2D eigenvalue weighted by atomic mass is 16.5. The van der Waals surface area contributed by atoms with Crippen LogP contribution in [-0.4, -0.2) is 33.5 Å². The molecule has 0 spiro atoms. The van der Waals surface area contributed by atoms with Crippen molar-refractivity contribution in [2.24, 2.45) is 5.92 Å². The predicted octanol–water partition coefficient (Wildman–Crippen LogP) is 5.15. The number of hydrogen-bond acceptors (Lipinski definition) is 4. The Hall–Kier alpha value is -2.63. The second-order valence-electron chi connectivity index (χ2n) is 7.84. The molecule has 1 aliphatic carbocycles. The van der Waals surface area contributed by atoms with Gasteiger partial charge in [-0.05, 0) is 68.4 Å². The Balaban J connectivity index is 1.41. The van der Waals surface area contributed by atoms with Gasteiger partial charge in [0.05, 0.1) is 0 Å². The van der Waals surface area contributed by atoms with Crippen molar-refractivity contribution in [1.29, 1.82) is 0 Å². The van der Waals surface area contributed by atoms with Gasteiger partial charge in [-0.25, -0.2) is 14.8 Å². The SMILES string of the molecule is Cc1cc(Oc2ncccn2)ccc1NC(=O)N1CCC[C@@H]1C1CCCCC1. The summed E-state index contributed by atoms with van der Waals surface area (Å²) in [4.78, 5) is 23.2. The van der Waals surface area contributed by atoms with Crippen LogP contribution in [0.2, 0.25) is 0 Å². The zero-order chi connectivity index (χ0) is 19.3. The first kappa shape index (κ1) is 18.7. The van der Waals surface area contributed by atoms with Gasteiger partial charge in [0.1, 0.15) is 5.75 Å². The summed E-state index contributed by atoms with van der Waals surface area (Å²) in [5, 5.41) is 3.11. The van der Waals surface area contributed by atoms with Gasteiger partial charge >= 0.3 is 12.0 Å². The van der Waals surface area contributed by atoms with Crippen LogP contribution in [0.15, 0.2) is 36.7 Å². The summed E-state index contributed by atoms with van der Waals surface area (Å²) in [5.74, 6) is 1.33. The van der Waals surface area contributed by atoms with Crippen molar-refractivity contribution in [2.75, 3.05) is 11.9 Å². The third-order valence-corrected chi connectivity index (χ3v) is 5.94. The summed E-state index contributed by atoms with van der Waals surface area (Å²) < 4.78 is 5.67. The number of aryl methyl sites for hydroxylation is 1. The summed E-state index contributed by atoms with van der Waals surface area (Å²) in [6, 6.07) is 8.10. The number of benzene rings is 1. The Bertz CT molecular complexity index is 805. The molecular formula is C22H28N4O2. The van der Waals surface area contributed by atoms with E-state index in [1.165, 1.54) is 32.1 Å². The summed E-state index contributed by atoms with van der Waals surface area (Å²) in [7, 11) is 0. The lowest BCUT2D eigenvalue weighted by molar-refractivity contribution is 0.166. The standard InChI is InChI=1S/C22H28N4O2/c1-16-15-18(28-21-23-12-6-13-24-21)10-11-19(16)25-22(27)26-14-5-9-20(26)17-7-3-2-4-8-17/h6,10-13,15,17,20H,2-5,7-9,14H2,1H3,(H,25,27)/t20-/m1/s1. The van der Waals surface area contributed by atoms with Crippen molar-refractivity contribution in [2.45, 2.75) is 57.9 Å². The highest BCUT2D eigenvalue weighted by Gasteiger charge is 2.35. The number of amides is 2. The molecule has 1 aliphatic heterocycles. The van der Waals surface area contributed by atoms with Crippen LogP contribution >= 0.6 is 0 Å². The fourth-order valence-corrected chi connectivity index (χ4v) is 4.52. The molecule has 1 saturated heterocycles. The van der Waals surface area contributed by atoms with E-state index in [1.54, 1.807) is 18.5 Å². The smallest absolute Gasteiger partial charge is 0.322 e. The highest BCUT2D eigenvalue weighted by Crippen LogP contribution is 2.35. The quantitative estimate of drug-likeness (QED) is 0.796. The number of carbonyl (C=O) groups is 1. The van der Waals surface area contributed by atoms with Gasteiger partial charge in [0.25, 0.3) is 0 Å². The van der Waals surface area contributed by atoms with Crippen LogP contribution in [0.5, 0.6) is 11.8 Å². The first-order chi connectivity index (χ1) is 13.7. The third kappa shape index (κ3) is 4.26. The van der Waals surface area contributed by atoms with Crippen LogP contribution in [0.4, 0.5) is 10.5 Å². The van der Waals surface area contributed by atoms with E-state index < -0.39 is 0 Å². The minimum Gasteiger partial charge on any atom is -0.424 e. The van der Waals surface area contributed by atoms with Crippen LogP contribution < -0.4 is 10.1 Å². The summed E-state index contributed by atoms with van der Waals surface area (Å²) in [6.07, 6.45) is 12.0. The molecule has 6 heteroatoms. The topological polar surface area (TPSA) is 67.4 Å². The average molecular weight is 380 g/mol. The van der Waals surface area contributed by atoms with E-state index in [4.69, 9.17) is 4.74 Å². The molecule has 2 aromatic rings. The lowest BCUT2D eigenvalue weighted by Gasteiger charge is -2.34. The van der Waals surface area contributed by atoms with E-state index in [-0.39, 0.29) is 6.03 Å². The van der Waals surface area contributed by atoms with Crippen molar-refractivity contribution in [3.05, 3.63) is 42.2 Å². The molecule has 2 heterocycles. The maximum Gasteiger partial charge on any atom is 0.322 e. The van der Waals surface area contributed by atoms with Crippen LogP contribution in [-0.2, 0) is 0 Å². The van der Waals surface area contributed by atoms with Crippen LogP contribution in [0.1, 0.15) is 50.5 Å². The number of likely N-dealkylation sites (tertiary alicyclic amines) is 1. The second kappa shape index (κ2) is 8.59. The molecule has 1 N–H and O–H groups in total. The maximum absolute atomic E-state index is 13.0. The molecule has 2 amide bonds. The van der Waals surface area contributed by atoms with Gasteiger partial charge in [-0.3, -0.25) is 0 Å². The van der Waals surface area contributed by atoms with E-state index in [0.717, 1.165) is 30.6 Å². The molecule has 4 rings (SSSR count). The van der Waals surface area contributed by atoms with Crippen LogP contribution in [0.3, 0.4) is 0 Å². The fraction of sp³-hybridized carbons (Fsp3) is 0.500. The van der Waals surface area contributed by atoms with E-state index in [9.17, 15) is 4.79 Å². The minimum atomic E-state index is 0.0243. The number of rotatable bonds is 4. The molecule has 6 nitrogen and oxygen atoms in total. The summed E-state index contributed by atoms with van der Waals surface area (Å²) in [5.41, 5.74) is 1.77. The molecule has 1 saturated carbocycles. The highest BCUT2D eigenvalue weighted by molar-refractivity contribution is 5.90. The van der Waals surface area contributed by atoms with E-state index in [1.807, 2.05) is 25.1 Å². The molecule has 0 bridgehead atoms. The molecular weight excluding hydrogens is 352 g/mol. The summed E-state index contributed by atoms with van der Waals surface area (Å²) in [6.45, 7) is 2.83. The molecule has 1 aromatic carbocycles. The lowest BCUT2D eigenvalue weighted by atomic mass is 9.83. The largest absolute Gasteiger partial charge is 0.424 e. The first-order valence-electron chi connectivity index (χ1n) is 10.3. The lowest BCUT2D eigenvalue weighted by Crippen LogP contribution is -2.43. The molecule has 148 valence electrons. The van der Waals surface area contributed by atoms with E-state index in [2.05, 4.69) is 20.2 Å². The molecule has 2 aliphatic rings. The number of nitrogens with one attached hydrogen (secondary N) is 1. The maximum atomic E-state index is 13.0. The van der Waals surface area contributed by atoms with Gasteiger partial charge in [0, 0.05) is 30.7 Å².